The van der Waals surface area contributed by atoms with Crippen molar-refractivity contribution in [3.8, 4) is 5.19 Å². The summed E-state index contributed by atoms with van der Waals surface area (Å²) in [5, 5.41) is 3.08. The van der Waals surface area contributed by atoms with E-state index in [0.29, 0.717) is 23.3 Å². The van der Waals surface area contributed by atoms with Gasteiger partial charge in [0.1, 0.15) is 6.10 Å². The number of rotatable bonds is 3. The number of fused-ring (bicyclic) bond motifs is 1. The molecule has 0 unspecified atom stereocenters. The van der Waals surface area contributed by atoms with Crippen LogP contribution in [0.15, 0.2) is 35.8 Å². The van der Waals surface area contributed by atoms with Gasteiger partial charge < -0.3 is 9.64 Å². The number of para-hydroxylation sites is 1. The summed E-state index contributed by atoms with van der Waals surface area (Å²) in [7, 11) is 0. The molecule has 0 atom stereocenters. The Morgan fingerprint density at radius 3 is 2.95 bits per heavy atom. The van der Waals surface area contributed by atoms with Crippen LogP contribution in [-0.2, 0) is 0 Å². The monoisotopic (exact) mass is 317 g/mol. The average molecular weight is 317 g/mol. The zero-order chi connectivity index (χ0) is 14.2. The number of likely N-dealkylation sites (tertiary alicyclic amines) is 1. The fourth-order valence-corrected chi connectivity index (χ4v) is 3.67. The molecule has 21 heavy (non-hydrogen) atoms. The number of thiazole rings is 2. The summed E-state index contributed by atoms with van der Waals surface area (Å²) in [6.45, 7) is 1.18. The van der Waals surface area contributed by atoms with E-state index in [0.717, 1.165) is 10.2 Å². The average Bonchev–Trinajstić information content (AvgIpc) is 3.10. The first kappa shape index (κ1) is 12.7. The Morgan fingerprint density at radius 2 is 2.19 bits per heavy atom. The molecule has 0 N–H and O–H groups in total. The second-order valence-corrected chi connectivity index (χ2v) is 6.62. The smallest absolute Gasteiger partial charge is 0.283 e. The Kier molecular flexibility index (Phi) is 3.08. The van der Waals surface area contributed by atoms with E-state index in [1.54, 1.807) is 11.1 Å². The number of carbonyl (C=O) groups is 1. The molecule has 5 nitrogen and oxygen atoms in total. The summed E-state index contributed by atoms with van der Waals surface area (Å²) < 4.78 is 6.70. The van der Waals surface area contributed by atoms with Crippen LogP contribution in [0, 0.1) is 0 Å². The zero-order valence-corrected chi connectivity index (χ0v) is 12.6. The van der Waals surface area contributed by atoms with Gasteiger partial charge in [-0.3, -0.25) is 4.79 Å². The molecule has 0 aliphatic carbocycles. The Bertz CT molecular complexity index is 745. The third-order valence-electron chi connectivity index (χ3n) is 3.29. The lowest BCUT2D eigenvalue weighted by Crippen LogP contribution is -2.56. The van der Waals surface area contributed by atoms with E-state index in [-0.39, 0.29) is 12.0 Å². The molecule has 3 heterocycles. The lowest BCUT2D eigenvalue weighted by Gasteiger charge is -2.37. The van der Waals surface area contributed by atoms with Crippen molar-refractivity contribution >= 4 is 38.8 Å². The standard InChI is InChI=1S/C14H11N3O2S2/c18-13(12-16-10-3-1-2-4-11(10)21-12)17-7-9(8-17)19-14-15-5-6-20-14/h1-6,9H,7-8H2. The highest BCUT2D eigenvalue weighted by Gasteiger charge is 2.34. The maximum absolute atomic E-state index is 12.3. The molecule has 4 rings (SSSR count). The SMILES string of the molecule is O=C(c1nc2ccccc2s1)N1CC(Oc2nccs2)C1. The number of nitrogens with zero attached hydrogens (tertiary/aromatic N) is 3. The Morgan fingerprint density at radius 1 is 1.33 bits per heavy atom. The lowest BCUT2D eigenvalue weighted by molar-refractivity contribution is 0.0177. The third kappa shape index (κ3) is 2.38. The maximum atomic E-state index is 12.3. The molecule has 3 aromatic rings. The van der Waals surface area contributed by atoms with Gasteiger partial charge in [-0.2, -0.15) is 0 Å². The Balaban J connectivity index is 1.42. The van der Waals surface area contributed by atoms with Crippen LogP contribution in [0.25, 0.3) is 10.2 Å². The normalized spacial score (nSPS) is 15.1. The maximum Gasteiger partial charge on any atom is 0.283 e. The lowest BCUT2D eigenvalue weighted by atomic mass is 10.1. The summed E-state index contributed by atoms with van der Waals surface area (Å²) >= 11 is 2.90. The van der Waals surface area contributed by atoms with Gasteiger partial charge in [0.2, 0.25) is 0 Å². The first-order valence-corrected chi connectivity index (χ1v) is 8.20. The number of amides is 1. The topological polar surface area (TPSA) is 55.3 Å². The van der Waals surface area contributed by atoms with Crippen LogP contribution in [-0.4, -0.2) is 40.0 Å². The van der Waals surface area contributed by atoms with Gasteiger partial charge in [-0.1, -0.05) is 23.5 Å². The van der Waals surface area contributed by atoms with E-state index in [4.69, 9.17) is 4.74 Å². The van der Waals surface area contributed by atoms with Gasteiger partial charge in [-0.15, -0.1) is 11.3 Å². The minimum Gasteiger partial charge on any atom is -0.463 e. The van der Waals surface area contributed by atoms with E-state index >= 15 is 0 Å². The molecule has 0 spiro atoms. The molecule has 1 aliphatic heterocycles. The van der Waals surface area contributed by atoms with Gasteiger partial charge in [0.25, 0.3) is 11.1 Å². The molecule has 106 valence electrons. The van der Waals surface area contributed by atoms with Gasteiger partial charge in [-0.05, 0) is 12.1 Å². The minimum atomic E-state index is -0.0183. The number of ether oxygens (including phenoxy) is 1. The Hall–Kier alpha value is -1.99. The van der Waals surface area contributed by atoms with Gasteiger partial charge in [0.05, 0.1) is 23.3 Å². The van der Waals surface area contributed by atoms with E-state index < -0.39 is 0 Å². The van der Waals surface area contributed by atoms with Crippen molar-refractivity contribution in [2.75, 3.05) is 13.1 Å². The van der Waals surface area contributed by atoms with Crippen LogP contribution in [0.5, 0.6) is 5.19 Å². The molecular weight excluding hydrogens is 306 g/mol. The van der Waals surface area contributed by atoms with Crippen molar-refractivity contribution < 1.29 is 9.53 Å². The molecule has 0 bridgehead atoms. The predicted molar refractivity (Wildman–Crippen MR) is 82.1 cm³/mol. The summed E-state index contributed by atoms with van der Waals surface area (Å²) in [5.74, 6) is -0.0183. The second-order valence-electron chi connectivity index (χ2n) is 4.73. The van der Waals surface area contributed by atoms with E-state index in [9.17, 15) is 4.79 Å². The molecule has 2 aromatic heterocycles. The van der Waals surface area contributed by atoms with E-state index in [1.807, 2.05) is 29.6 Å². The number of aromatic nitrogens is 2. The highest BCUT2D eigenvalue weighted by molar-refractivity contribution is 7.20. The number of hydrogen-bond acceptors (Lipinski definition) is 6. The molecule has 1 aromatic carbocycles. The van der Waals surface area contributed by atoms with Crippen molar-refractivity contribution in [1.82, 2.24) is 14.9 Å². The minimum absolute atomic E-state index is 0.0183. The van der Waals surface area contributed by atoms with Crippen LogP contribution in [0.1, 0.15) is 9.80 Å². The predicted octanol–water partition coefficient (Wildman–Crippen LogP) is 2.66. The highest BCUT2D eigenvalue weighted by atomic mass is 32.1. The molecule has 7 heteroatoms. The molecule has 1 saturated heterocycles. The van der Waals surface area contributed by atoms with E-state index in [2.05, 4.69) is 9.97 Å². The van der Waals surface area contributed by atoms with Crippen molar-refractivity contribution in [1.29, 1.82) is 0 Å². The van der Waals surface area contributed by atoms with Gasteiger partial charge >= 0.3 is 0 Å². The quantitative estimate of drug-likeness (QED) is 0.745. The largest absolute Gasteiger partial charge is 0.463 e. The molecule has 0 saturated carbocycles. The molecule has 1 fully saturated rings. The van der Waals surface area contributed by atoms with Gasteiger partial charge in [-0.25, -0.2) is 9.97 Å². The molecular formula is C14H11N3O2S2. The number of hydrogen-bond donors (Lipinski definition) is 0. The number of benzene rings is 1. The van der Waals surface area contributed by atoms with Crippen molar-refractivity contribution in [2.45, 2.75) is 6.10 Å². The van der Waals surface area contributed by atoms with Crippen molar-refractivity contribution in [2.24, 2.45) is 0 Å². The fourth-order valence-electron chi connectivity index (χ4n) is 2.19. The van der Waals surface area contributed by atoms with Gasteiger partial charge in [0, 0.05) is 11.6 Å². The molecule has 1 aliphatic rings. The summed E-state index contributed by atoms with van der Waals surface area (Å²) in [4.78, 5) is 22.6. The first-order valence-electron chi connectivity index (χ1n) is 6.50. The van der Waals surface area contributed by atoms with Crippen LogP contribution in [0.3, 0.4) is 0 Å². The second kappa shape index (κ2) is 5.09. The van der Waals surface area contributed by atoms with Crippen LogP contribution in [0.2, 0.25) is 0 Å². The summed E-state index contributed by atoms with van der Waals surface area (Å²) in [6, 6.07) is 7.79. The molecule has 1 amide bonds. The first-order chi connectivity index (χ1) is 10.3. The van der Waals surface area contributed by atoms with Crippen LogP contribution in [0.4, 0.5) is 0 Å². The van der Waals surface area contributed by atoms with Gasteiger partial charge in [0.15, 0.2) is 5.01 Å². The Labute approximate surface area is 128 Å². The van der Waals surface area contributed by atoms with Crippen LogP contribution >= 0.6 is 22.7 Å². The summed E-state index contributed by atoms with van der Waals surface area (Å²) in [5.41, 5.74) is 0.877. The van der Waals surface area contributed by atoms with Crippen molar-refractivity contribution in [3.05, 3.63) is 40.8 Å². The number of carbonyl (C=O) groups excluding carboxylic acids is 1. The molecule has 0 radical (unpaired) electrons. The third-order valence-corrected chi connectivity index (χ3v) is 4.97. The fraction of sp³-hybridized carbons (Fsp3) is 0.214. The van der Waals surface area contributed by atoms with E-state index in [1.165, 1.54) is 22.7 Å². The highest BCUT2D eigenvalue weighted by Crippen LogP contribution is 2.25. The summed E-state index contributed by atoms with van der Waals surface area (Å²) in [6.07, 6.45) is 1.75. The zero-order valence-electron chi connectivity index (χ0n) is 10.9. The van der Waals surface area contributed by atoms with Crippen LogP contribution < -0.4 is 4.74 Å². The van der Waals surface area contributed by atoms with Crippen molar-refractivity contribution in [3.63, 3.8) is 0 Å².